The average Bonchev–Trinajstić information content (AvgIpc) is 2.27. The highest BCUT2D eigenvalue weighted by atomic mass is 19.4. The van der Waals surface area contributed by atoms with Crippen LogP contribution < -0.4 is 5.73 Å². The van der Waals surface area contributed by atoms with Gasteiger partial charge in [-0.05, 0) is 24.1 Å². The number of nitrogens with two attached hydrogens (primary N) is 1. The number of aliphatic hydroxyl groups is 1. The zero-order chi connectivity index (χ0) is 13.8. The minimum Gasteiger partial charge on any atom is -0.398 e. The maximum atomic E-state index is 12.2. The van der Waals surface area contributed by atoms with Crippen molar-refractivity contribution in [2.24, 2.45) is 0 Å². The van der Waals surface area contributed by atoms with Crippen LogP contribution in [0.1, 0.15) is 24.5 Å². The quantitative estimate of drug-likeness (QED) is 0.631. The molecule has 3 N–H and O–H groups in total. The number of rotatable bonds is 2. The number of benzene rings is 1. The molecule has 0 heterocycles. The predicted molar refractivity (Wildman–Crippen MR) is 63.8 cm³/mol. The molecule has 0 fully saturated rings. The molecule has 98 valence electrons. The molecule has 18 heavy (non-hydrogen) atoms. The Kier molecular flexibility index (Phi) is 4.62. The number of alkyl halides is 3. The standard InChI is InChI=1S/C13H14F3NO/c1-2-11(18)5-4-10-7-9(3-6-12(10)17)8-13(14,15)16/h3,6-7,11,18H,2,8,17H2,1H3. The monoisotopic (exact) mass is 257 g/mol. The van der Waals surface area contributed by atoms with Crippen molar-refractivity contribution in [3.8, 4) is 11.8 Å². The van der Waals surface area contributed by atoms with Crippen molar-refractivity contribution in [1.82, 2.24) is 0 Å². The lowest BCUT2D eigenvalue weighted by Crippen LogP contribution is -2.11. The Labute approximate surface area is 104 Å². The van der Waals surface area contributed by atoms with Crippen LogP contribution in [0.5, 0.6) is 0 Å². The van der Waals surface area contributed by atoms with Gasteiger partial charge >= 0.3 is 6.18 Å². The molecule has 0 bridgehead atoms. The van der Waals surface area contributed by atoms with Crippen LogP contribution in [-0.4, -0.2) is 17.4 Å². The van der Waals surface area contributed by atoms with Gasteiger partial charge in [0, 0.05) is 11.3 Å². The van der Waals surface area contributed by atoms with E-state index in [4.69, 9.17) is 5.73 Å². The lowest BCUT2D eigenvalue weighted by Gasteiger charge is -2.07. The van der Waals surface area contributed by atoms with Gasteiger partial charge in [0.25, 0.3) is 0 Å². The molecule has 0 aliphatic rings. The zero-order valence-corrected chi connectivity index (χ0v) is 9.88. The third-order valence-corrected chi connectivity index (χ3v) is 2.28. The maximum absolute atomic E-state index is 12.2. The summed E-state index contributed by atoms with van der Waals surface area (Å²) in [6, 6.07) is 4.02. The molecule has 0 saturated carbocycles. The minimum absolute atomic E-state index is 0.104. The normalized spacial score (nSPS) is 12.7. The van der Waals surface area contributed by atoms with E-state index in [2.05, 4.69) is 11.8 Å². The molecule has 2 nitrogen and oxygen atoms in total. The molecule has 1 rings (SSSR count). The average molecular weight is 257 g/mol. The van der Waals surface area contributed by atoms with Gasteiger partial charge < -0.3 is 10.8 Å². The van der Waals surface area contributed by atoms with Gasteiger partial charge in [0.05, 0.1) is 6.42 Å². The van der Waals surface area contributed by atoms with E-state index in [9.17, 15) is 18.3 Å². The molecule has 1 unspecified atom stereocenters. The number of hydrogen-bond acceptors (Lipinski definition) is 2. The summed E-state index contributed by atoms with van der Waals surface area (Å²) in [7, 11) is 0. The first-order chi connectivity index (χ1) is 8.31. The molecule has 0 radical (unpaired) electrons. The number of hydrogen-bond donors (Lipinski definition) is 2. The number of anilines is 1. The van der Waals surface area contributed by atoms with E-state index in [-0.39, 0.29) is 5.56 Å². The van der Waals surface area contributed by atoms with Crippen molar-refractivity contribution in [1.29, 1.82) is 0 Å². The molecule has 0 aliphatic carbocycles. The van der Waals surface area contributed by atoms with Crippen LogP contribution in [0.3, 0.4) is 0 Å². The summed E-state index contributed by atoms with van der Waals surface area (Å²) in [4.78, 5) is 0. The number of aliphatic hydroxyl groups excluding tert-OH is 1. The molecule has 1 atom stereocenters. The Bertz CT molecular complexity index is 471. The predicted octanol–water partition coefficient (Wildman–Crippen LogP) is 2.50. The van der Waals surface area contributed by atoms with Gasteiger partial charge in [-0.15, -0.1) is 0 Å². The molecular formula is C13H14F3NO. The van der Waals surface area contributed by atoms with Crippen molar-refractivity contribution < 1.29 is 18.3 Å². The van der Waals surface area contributed by atoms with E-state index < -0.39 is 18.7 Å². The van der Waals surface area contributed by atoms with E-state index in [1.165, 1.54) is 18.2 Å². The Morgan fingerprint density at radius 1 is 1.39 bits per heavy atom. The van der Waals surface area contributed by atoms with Crippen molar-refractivity contribution >= 4 is 5.69 Å². The van der Waals surface area contributed by atoms with Crippen molar-refractivity contribution in [3.63, 3.8) is 0 Å². The number of halogens is 3. The third kappa shape index (κ3) is 4.68. The fourth-order valence-electron chi connectivity index (χ4n) is 1.32. The van der Waals surface area contributed by atoms with Crippen molar-refractivity contribution in [2.75, 3.05) is 5.73 Å². The van der Waals surface area contributed by atoms with E-state index in [0.717, 1.165) is 0 Å². The first-order valence-corrected chi connectivity index (χ1v) is 5.46. The fourth-order valence-corrected chi connectivity index (χ4v) is 1.32. The molecule has 0 aromatic heterocycles. The summed E-state index contributed by atoms with van der Waals surface area (Å²) in [6.07, 6.45) is -5.62. The van der Waals surface area contributed by atoms with E-state index in [0.29, 0.717) is 17.7 Å². The molecule has 0 amide bonds. The van der Waals surface area contributed by atoms with E-state index >= 15 is 0 Å². The first-order valence-electron chi connectivity index (χ1n) is 5.46. The van der Waals surface area contributed by atoms with Crippen LogP contribution in [0.15, 0.2) is 18.2 Å². The summed E-state index contributed by atoms with van der Waals surface area (Å²) in [5.74, 6) is 5.12. The largest absolute Gasteiger partial charge is 0.398 e. The molecule has 0 spiro atoms. The highest BCUT2D eigenvalue weighted by Gasteiger charge is 2.27. The Morgan fingerprint density at radius 2 is 2.06 bits per heavy atom. The highest BCUT2D eigenvalue weighted by molar-refractivity contribution is 5.57. The summed E-state index contributed by atoms with van der Waals surface area (Å²) in [5.41, 5.74) is 6.33. The van der Waals surface area contributed by atoms with Crippen LogP contribution in [0, 0.1) is 11.8 Å². The lowest BCUT2D eigenvalue weighted by atomic mass is 10.1. The van der Waals surface area contributed by atoms with Gasteiger partial charge in [-0.3, -0.25) is 0 Å². The second-order valence-corrected chi connectivity index (χ2v) is 3.91. The Morgan fingerprint density at radius 3 is 2.61 bits per heavy atom. The maximum Gasteiger partial charge on any atom is 0.393 e. The topological polar surface area (TPSA) is 46.2 Å². The van der Waals surface area contributed by atoms with Crippen molar-refractivity contribution in [2.45, 2.75) is 32.0 Å². The second-order valence-electron chi connectivity index (χ2n) is 3.91. The van der Waals surface area contributed by atoms with Gasteiger partial charge in [-0.1, -0.05) is 24.8 Å². The second kappa shape index (κ2) is 5.78. The molecular weight excluding hydrogens is 243 g/mol. The molecule has 5 heteroatoms. The first kappa shape index (κ1) is 14.4. The van der Waals surface area contributed by atoms with Crippen LogP contribution in [-0.2, 0) is 6.42 Å². The molecule has 0 saturated heterocycles. The van der Waals surface area contributed by atoms with E-state index in [1.54, 1.807) is 6.92 Å². The van der Waals surface area contributed by atoms with Gasteiger partial charge in [-0.2, -0.15) is 13.2 Å². The Balaban J connectivity index is 2.97. The van der Waals surface area contributed by atoms with Crippen molar-refractivity contribution in [3.05, 3.63) is 29.3 Å². The minimum atomic E-state index is -4.26. The lowest BCUT2D eigenvalue weighted by molar-refractivity contribution is -0.127. The van der Waals surface area contributed by atoms with Gasteiger partial charge in [-0.25, -0.2) is 0 Å². The van der Waals surface area contributed by atoms with Gasteiger partial charge in [0.1, 0.15) is 6.10 Å². The number of nitrogen functional groups attached to an aromatic ring is 1. The molecule has 1 aromatic carbocycles. The summed E-state index contributed by atoms with van der Waals surface area (Å²) in [6.45, 7) is 1.75. The molecule has 0 aliphatic heterocycles. The van der Waals surface area contributed by atoms with Gasteiger partial charge in [0.2, 0.25) is 0 Å². The van der Waals surface area contributed by atoms with Crippen LogP contribution in [0.2, 0.25) is 0 Å². The summed E-state index contributed by atoms with van der Waals surface area (Å²) in [5, 5.41) is 9.27. The van der Waals surface area contributed by atoms with Crippen LogP contribution in [0.25, 0.3) is 0 Å². The van der Waals surface area contributed by atoms with Gasteiger partial charge in [0.15, 0.2) is 0 Å². The SMILES string of the molecule is CCC(O)C#Cc1cc(CC(F)(F)F)ccc1N. The summed E-state index contributed by atoms with van der Waals surface area (Å²) < 4.78 is 36.7. The zero-order valence-electron chi connectivity index (χ0n) is 9.88. The molecule has 1 aromatic rings. The van der Waals surface area contributed by atoms with Crippen LogP contribution in [0.4, 0.5) is 18.9 Å². The summed E-state index contributed by atoms with van der Waals surface area (Å²) >= 11 is 0. The van der Waals surface area contributed by atoms with E-state index in [1.807, 2.05) is 0 Å². The third-order valence-electron chi connectivity index (χ3n) is 2.28. The fraction of sp³-hybridized carbons (Fsp3) is 0.385. The smallest absolute Gasteiger partial charge is 0.393 e. The Hall–Kier alpha value is -1.67. The van der Waals surface area contributed by atoms with Crippen LogP contribution >= 0.6 is 0 Å². The highest BCUT2D eigenvalue weighted by Crippen LogP contribution is 2.23.